The summed E-state index contributed by atoms with van der Waals surface area (Å²) < 4.78 is 43.4. The van der Waals surface area contributed by atoms with Gasteiger partial charge < -0.3 is 9.84 Å². The van der Waals surface area contributed by atoms with Crippen LogP contribution in [0.1, 0.15) is 11.1 Å². The number of halogens is 3. The van der Waals surface area contributed by atoms with Gasteiger partial charge >= 0.3 is 6.18 Å². The predicted molar refractivity (Wildman–Crippen MR) is 77.3 cm³/mol. The van der Waals surface area contributed by atoms with Crippen molar-refractivity contribution in [2.45, 2.75) is 6.18 Å². The third-order valence-corrected chi connectivity index (χ3v) is 2.87. The first kappa shape index (κ1) is 15.7. The van der Waals surface area contributed by atoms with Crippen molar-refractivity contribution in [2.75, 3.05) is 12.5 Å². The Balaban J connectivity index is 2.21. The second-order valence-electron chi connectivity index (χ2n) is 4.31. The van der Waals surface area contributed by atoms with Crippen LogP contribution in [0, 0.1) is 0 Å². The summed E-state index contributed by atoms with van der Waals surface area (Å²) in [7, 11) is 1.40. The highest BCUT2D eigenvalue weighted by molar-refractivity contribution is 5.85. The maximum absolute atomic E-state index is 12.8. The van der Waals surface area contributed by atoms with Crippen LogP contribution in [0.25, 0.3) is 0 Å². The van der Waals surface area contributed by atoms with Crippen LogP contribution in [0.3, 0.4) is 0 Å². The van der Waals surface area contributed by atoms with Crippen molar-refractivity contribution in [3.63, 3.8) is 0 Å². The molecule has 0 fully saturated rings. The fourth-order valence-corrected chi connectivity index (χ4v) is 1.81. The van der Waals surface area contributed by atoms with E-state index in [0.29, 0.717) is 5.56 Å². The predicted octanol–water partition coefficient (Wildman–Crippen LogP) is 3.87. The van der Waals surface area contributed by atoms with Crippen LogP contribution in [-0.2, 0) is 6.18 Å². The molecule has 0 radical (unpaired) electrons. The Labute approximate surface area is 124 Å². The maximum Gasteiger partial charge on any atom is 0.418 e. The molecule has 4 nitrogen and oxygen atoms in total. The summed E-state index contributed by atoms with van der Waals surface area (Å²) in [6, 6.07) is 9.73. The van der Waals surface area contributed by atoms with Crippen LogP contribution in [-0.4, -0.2) is 18.4 Å². The van der Waals surface area contributed by atoms with Gasteiger partial charge in [0.15, 0.2) is 11.5 Å². The summed E-state index contributed by atoms with van der Waals surface area (Å²) in [5.41, 5.74) is 1.66. The third kappa shape index (κ3) is 3.49. The van der Waals surface area contributed by atoms with Crippen LogP contribution in [0.15, 0.2) is 47.6 Å². The van der Waals surface area contributed by atoms with Gasteiger partial charge in [0.25, 0.3) is 0 Å². The third-order valence-electron chi connectivity index (χ3n) is 2.87. The molecule has 0 amide bonds. The number of alkyl halides is 3. The number of methoxy groups -OCH3 is 1. The SMILES string of the molecule is COc1cccc(/C=N\Nc2ccccc2C(F)(F)F)c1O. The van der Waals surface area contributed by atoms with E-state index >= 15 is 0 Å². The summed E-state index contributed by atoms with van der Waals surface area (Å²) >= 11 is 0. The molecular formula is C15H13F3N2O2. The number of benzene rings is 2. The molecule has 0 aromatic heterocycles. The van der Waals surface area contributed by atoms with Crippen LogP contribution in [0.5, 0.6) is 11.5 Å². The number of hydrogen-bond acceptors (Lipinski definition) is 4. The molecule has 2 N–H and O–H groups in total. The van der Waals surface area contributed by atoms with E-state index in [-0.39, 0.29) is 17.2 Å². The zero-order valence-electron chi connectivity index (χ0n) is 11.6. The lowest BCUT2D eigenvalue weighted by Gasteiger charge is -2.11. The van der Waals surface area contributed by atoms with E-state index in [1.54, 1.807) is 18.2 Å². The smallest absolute Gasteiger partial charge is 0.418 e. The minimum Gasteiger partial charge on any atom is -0.504 e. The standard InChI is InChI=1S/C15H13F3N2O2/c1-22-13-8-4-5-10(14(13)21)9-19-20-12-7-3-2-6-11(12)15(16,17)18/h2-9,20-21H,1H3/b19-9-. The van der Waals surface area contributed by atoms with Crippen molar-refractivity contribution < 1.29 is 23.0 Å². The minimum atomic E-state index is -4.47. The highest BCUT2D eigenvalue weighted by Crippen LogP contribution is 2.34. The van der Waals surface area contributed by atoms with Crippen LogP contribution < -0.4 is 10.2 Å². The normalized spacial score (nSPS) is 11.6. The Bertz CT molecular complexity index is 685. The van der Waals surface area contributed by atoms with Gasteiger partial charge in [-0.05, 0) is 24.3 Å². The lowest BCUT2D eigenvalue weighted by atomic mass is 10.2. The summed E-state index contributed by atoms with van der Waals surface area (Å²) in [5, 5.41) is 13.6. The minimum absolute atomic E-state index is 0.139. The highest BCUT2D eigenvalue weighted by atomic mass is 19.4. The van der Waals surface area contributed by atoms with Gasteiger partial charge in [-0.25, -0.2) is 0 Å². The number of aromatic hydroxyl groups is 1. The van der Waals surface area contributed by atoms with Crippen LogP contribution >= 0.6 is 0 Å². The Morgan fingerprint density at radius 3 is 2.55 bits per heavy atom. The van der Waals surface area contributed by atoms with Crippen LogP contribution in [0.4, 0.5) is 18.9 Å². The van der Waals surface area contributed by atoms with Gasteiger partial charge in [-0.2, -0.15) is 18.3 Å². The molecule has 2 rings (SSSR count). The number of phenolic OH excluding ortho intramolecular Hbond substituents is 1. The van der Waals surface area contributed by atoms with E-state index in [2.05, 4.69) is 10.5 Å². The molecule has 116 valence electrons. The van der Waals surface area contributed by atoms with Gasteiger partial charge in [0, 0.05) is 5.56 Å². The van der Waals surface area contributed by atoms with Crippen molar-refractivity contribution in [1.29, 1.82) is 0 Å². The number of para-hydroxylation sites is 2. The number of nitrogens with zero attached hydrogens (tertiary/aromatic N) is 1. The molecule has 0 aliphatic carbocycles. The van der Waals surface area contributed by atoms with E-state index in [1.807, 2.05) is 0 Å². The van der Waals surface area contributed by atoms with Crippen molar-refractivity contribution in [3.05, 3.63) is 53.6 Å². The Kier molecular flexibility index (Phi) is 4.55. The molecule has 0 heterocycles. The molecule has 0 spiro atoms. The first-order valence-electron chi connectivity index (χ1n) is 6.24. The number of nitrogens with one attached hydrogen (secondary N) is 1. The zero-order valence-corrected chi connectivity index (χ0v) is 11.6. The largest absolute Gasteiger partial charge is 0.504 e. The Morgan fingerprint density at radius 2 is 1.86 bits per heavy atom. The van der Waals surface area contributed by atoms with Gasteiger partial charge in [0.05, 0.1) is 24.6 Å². The summed E-state index contributed by atoms with van der Waals surface area (Å²) in [6.45, 7) is 0. The molecule has 0 aliphatic rings. The second-order valence-corrected chi connectivity index (χ2v) is 4.31. The first-order valence-corrected chi connectivity index (χ1v) is 6.24. The molecule has 0 saturated heterocycles. The number of hydrogen-bond donors (Lipinski definition) is 2. The van der Waals surface area contributed by atoms with Crippen molar-refractivity contribution >= 4 is 11.9 Å². The molecule has 2 aromatic carbocycles. The van der Waals surface area contributed by atoms with E-state index in [1.165, 1.54) is 31.5 Å². The first-order chi connectivity index (χ1) is 10.4. The lowest BCUT2D eigenvalue weighted by Crippen LogP contribution is -2.08. The van der Waals surface area contributed by atoms with Crippen molar-refractivity contribution in [1.82, 2.24) is 0 Å². The summed E-state index contributed by atoms with van der Waals surface area (Å²) in [5.74, 6) is 0.110. The average molecular weight is 310 g/mol. The number of phenols is 1. The van der Waals surface area contributed by atoms with Crippen molar-refractivity contribution in [3.8, 4) is 11.5 Å². The number of anilines is 1. The van der Waals surface area contributed by atoms with Gasteiger partial charge in [0.1, 0.15) is 0 Å². The van der Waals surface area contributed by atoms with E-state index in [0.717, 1.165) is 6.07 Å². The van der Waals surface area contributed by atoms with Gasteiger partial charge in [-0.3, -0.25) is 5.43 Å². The second kappa shape index (κ2) is 6.38. The molecule has 7 heteroatoms. The quantitative estimate of drug-likeness (QED) is 0.666. The fraction of sp³-hybridized carbons (Fsp3) is 0.133. The molecule has 22 heavy (non-hydrogen) atoms. The number of ether oxygens (including phenoxy) is 1. The summed E-state index contributed by atoms with van der Waals surface area (Å²) in [4.78, 5) is 0. The average Bonchev–Trinajstić information content (AvgIpc) is 2.48. The van der Waals surface area contributed by atoms with Gasteiger partial charge in [0.2, 0.25) is 0 Å². The molecule has 0 bridgehead atoms. The monoisotopic (exact) mass is 310 g/mol. The van der Waals surface area contributed by atoms with Crippen LogP contribution in [0.2, 0.25) is 0 Å². The van der Waals surface area contributed by atoms with E-state index in [9.17, 15) is 18.3 Å². The molecule has 0 unspecified atom stereocenters. The molecule has 2 aromatic rings. The zero-order chi connectivity index (χ0) is 16.2. The van der Waals surface area contributed by atoms with E-state index < -0.39 is 11.7 Å². The van der Waals surface area contributed by atoms with Crippen molar-refractivity contribution in [2.24, 2.45) is 5.10 Å². The Morgan fingerprint density at radius 1 is 1.14 bits per heavy atom. The Hall–Kier alpha value is -2.70. The summed E-state index contributed by atoms with van der Waals surface area (Å²) in [6.07, 6.45) is -3.26. The highest BCUT2D eigenvalue weighted by Gasteiger charge is 2.33. The molecule has 0 aliphatic heterocycles. The number of rotatable bonds is 4. The molecule has 0 atom stereocenters. The van der Waals surface area contributed by atoms with Gasteiger partial charge in [-0.15, -0.1) is 0 Å². The lowest BCUT2D eigenvalue weighted by molar-refractivity contribution is -0.136. The number of hydrazone groups is 1. The fourth-order valence-electron chi connectivity index (χ4n) is 1.81. The molecule has 0 saturated carbocycles. The van der Waals surface area contributed by atoms with Gasteiger partial charge in [-0.1, -0.05) is 18.2 Å². The molecular weight excluding hydrogens is 297 g/mol. The topological polar surface area (TPSA) is 53.8 Å². The van der Waals surface area contributed by atoms with E-state index in [4.69, 9.17) is 4.74 Å². The maximum atomic E-state index is 12.8.